The predicted molar refractivity (Wildman–Crippen MR) is 44.2 cm³/mol. The van der Waals surface area contributed by atoms with Crippen molar-refractivity contribution in [2.45, 2.75) is 19.4 Å². The van der Waals surface area contributed by atoms with Gasteiger partial charge in [0.2, 0.25) is 0 Å². The SMILES string of the molecule is CCC(=O)C(O)C[N+](C)(C)C.[Cl-]. The number of aliphatic hydroxyl groups is 1. The second-order valence-electron chi connectivity index (χ2n) is 3.81. The van der Waals surface area contributed by atoms with E-state index in [0.717, 1.165) is 0 Å². The quantitative estimate of drug-likeness (QED) is 0.487. The molecule has 3 nitrogen and oxygen atoms in total. The van der Waals surface area contributed by atoms with Crippen LogP contribution in [0, 0.1) is 0 Å². The smallest absolute Gasteiger partial charge is 0.166 e. The summed E-state index contributed by atoms with van der Waals surface area (Å²) in [5, 5.41) is 9.29. The van der Waals surface area contributed by atoms with E-state index in [1.165, 1.54) is 0 Å². The molecule has 0 fully saturated rings. The van der Waals surface area contributed by atoms with Crippen LogP contribution in [0.5, 0.6) is 0 Å². The Balaban J connectivity index is 0. The van der Waals surface area contributed by atoms with Gasteiger partial charge in [-0.2, -0.15) is 0 Å². The van der Waals surface area contributed by atoms with Crippen LogP contribution in [0.4, 0.5) is 0 Å². The fourth-order valence-corrected chi connectivity index (χ4v) is 0.856. The van der Waals surface area contributed by atoms with Crippen LogP contribution in [0.15, 0.2) is 0 Å². The van der Waals surface area contributed by atoms with E-state index in [1.54, 1.807) is 6.92 Å². The lowest BCUT2D eigenvalue weighted by molar-refractivity contribution is -0.872. The van der Waals surface area contributed by atoms with Crippen LogP contribution in [0.3, 0.4) is 0 Å². The molecule has 0 aromatic heterocycles. The number of rotatable bonds is 4. The molecule has 1 N–H and O–H groups in total. The summed E-state index contributed by atoms with van der Waals surface area (Å²) in [6.07, 6.45) is -0.374. The molecule has 0 amide bonds. The normalized spacial score (nSPS) is 13.4. The van der Waals surface area contributed by atoms with Gasteiger partial charge in [0.25, 0.3) is 0 Å². The highest BCUT2D eigenvalue weighted by Crippen LogP contribution is 1.97. The minimum atomic E-state index is -0.792. The summed E-state index contributed by atoms with van der Waals surface area (Å²) in [4.78, 5) is 10.9. The van der Waals surface area contributed by atoms with Crippen molar-refractivity contribution in [3.8, 4) is 0 Å². The third-order valence-electron chi connectivity index (χ3n) is 1.44. The molecule has 0 saturated heterocycles. The first-order valence-corrected chi connectivity index (χ1v) is 3.88. The van der Waals surface area contributed by atoms with Crippen LogP contribution in [0.25, 0.3) is 0 Å². The van der Waals surface area contributed by atoms with Crippen molar-refractivity contribution in [1.29, 1.82) is 0 Å². The first-order valence-electron chi connectivity index (χ1n) is 3.88. The van der Waals surface area contributed by atoms with Crippen molar-refractivity contribution >= 4 is 5.78 Å². The summed E-state index contributed by atoms with van der Waals surface area (Å²) in [7, 11) is 5.85. The lowest BCUT2D eigenvalue weighted by Gasteiger charge is -2.25. The zero-order chi connectivity index (χ0) is 9.07. The number of nitrogens with zero attached hydrogens (tertiary/aromatic N) is 1. The molecule has 0 saturated carbocycles. The zero-order valence-corrected chi connectivity index (χ0v) is 8.93. The zero-order valence-electron chi connectivity index (χ0n) is 8.17. The van der Waals surface area contributed by atoms with Gasteiger partial charge < -0.3 is 22.0 Å². The average Bonchev–Trinajstić information content (AvgIpc) is 1.82. The topological polar surface area (TPSA) is 37.3 Å². The van der Waals surface area contributed by atoms with E-state index < -0.39 is 6.10 Å². The summed E-state index contributed by atoms with van der Waals surface area (Å²) >= 11 is 0. The molecule has 0 rings (SSSR count). The lowest BCUT2D eigenvalue weighted by atomic mass is 10.2. The molecule has 12 heavy (non-hydrogen) atoms. The number of aliphatic hydroxyl groups excluding tert-OH is 1. The van der Waals surface area contributed by atoms with Gasteiger partial charge in [0.15, 0.2) is 11.9 Å². The number of hydrogen-bond acceptors (Lipinski definition) is 2. The fourth-order valence-electron chi connectivity index (χ4n) is 0.856. The van der Waals surface area contributed by atoms with Gasteiger partial charge in [0.05, 0.1) is 21.1 Å². The van der Waals surface area contributed by atoms with Crippen LogP contribution < -0.4 is 12.4 Å². The molecule has 0 aromatic carbocycles. The number of likely N-dealkylation sites (N-methyl/N-ethyl adjacent to an activating group) is 1. The van der Waals surface area contributed by atoms with Crippen molar-refractivity contribution < 1.29 is 26.8 Å². The minimum absolute atomic E-state index is 0. The Kier molecular flexibility index (Phi) is 6.62. The molecule has 0 spiro atoms. The predicted octanol–water partition coefficient (Wildman–Crippen LogP) is -2.96. The van der Waals surface area contributed by atoms with Crippen LogP contribution in [-0.2, 0) is 4.79 Å². The highest BCUT2D eigenvalue weighted by atomic mass is 35.5. The third-order valence-corrected chi connectivity index (χ3v) is 1.44. The van der Waals surface area contributed by atoms with Gasteiger partial charge in [-0.05, 0) is 0 Å². The first-order chi connectivity index (χ1) is 4.87. The van der Waals surface area contributed by atoms with Gasteiger partial charge in [0.1, 0.15) is 6.54 Å². The molecule has 0 aromatic rings. The second kappa shape index (κ2) is 5.51. The van der Waals surface area contributed by atoms with Gasteiger partial charge >= 0.3 is 0 Å². The Labute approximate surface area is 80.4 Å². The number of Topliss-reactive ketones (excluding diaryl/α,β-unsaturated/α-hetero) is 1. The summed E-state index contributed by atoms with van der Waals surface area (Å²) in [5.74, 6) is -0.0712. The number of carbonyl (C=O) groups excluding carboxylic acids is 1. The molecule has 0 aliphatic rings. The number of halogens is 1. The van der Waals surface area contributed by atoms with Crippen LogP contribution >= 0.6 is 0 Å². The van der Waals surface area contributed by atoms with E-state index in [1.807, 2.05) is 21.1 Å². The van der Waals surface area contributed by atoms with Crippen LogP contribution in [0.2, 0.25) is 0 Å². The van der Waals surface area contributed by atoms with E-state index in [4.69, 9.17) is 0 Å². The summed E-state index contributed by atoms with van der Waals surface area (Å²) in [6, 6.07) is 0. The van der Waals surface area contributed by atoms with E-state index >= 15 is 0 Å². The molecule has 0 bridgehead atoms. The summed E-state index contributed by atoms with van der Waals surface area (Å²) in [6.45, 7) is 2.26. The van der Waals surface area contributed by atoms with Gasteiger partial charge in [-0.25, -0.2) is 0 Å². The highest BCUT2D eigenvalue weighted by molar-refractivity contribution is 5.82. The molecule has 0 aliphatic carbocycles. The molecular formula is C8H18ClNO2. The molecule has 0 aliphatic heterocycles. The van der Waals surface area contributed by atoms with Gasteiger partial charge in [0, 0.05) is 6.42 Å². The third kappa shape index (κ3) is 6.58. The summed E-state index contributed by atoms with van der Waals surface area (Å²) < 4.78 is 0.618. The fraction of sp³-hybridized carbons (Fsp3) is 0.875. The highest BCUT2D eigenvalue weighted by Gasteiger charge is 2.20. The molecule has 1 unspecified atom stereocenters. The maximum atomic E-state index is 10.9. The molecule has 0 radical (unpaired) electrons. The molecule has 74 valence electrons. The maximum Gasteiger partial charge on any atom is 0.166 e. The van der Waals surface area contributed by atoms with Crippen LogP contribution in [-0.4, -0.2) is 49.2 Å². The number of quaternary nitrogens is 1. The second-order valence-corrected chi connectivity index (χ2v) is 3.81. The molecule has 0 heterocycles. The molecule has 1 atom stereocenters. The van der Waals surface area contributed by atoms with E-state index in [2.05, 4.69) is 0 Å². The van der Waals surface area contributed by atoms with Crippen molar-refractivity contribution in [3.05, 3.63) is 0 Å². The van der Waals surface area contributed by atoms with Crippen LogP contribution in [0.1, 0.15) is 13.3 Å². The molecular weight excluding hydrogens is 178 g/mol. The largest absolute Gasteiger partial charge is 1.00 e. The van der Waals surface area contributed by atoms with E-state index in [0.29, 0.717) is 17.4 Å². The minimum Gasteiger partial charge on any atom is -1.00 e. The molecule has 4 heteroatoms. The number of carbonyl (C=O) groups is 1. The number of hydrogen-bond donors (Lipinski definition) is 1. The maximum absolute atomic E-state index is 10.9. The standard InChI is InChI=1S/C8H18NO2.ClH/c1-5-7(10)8(11)6-9(2,3)4;/h8,11H,5-6H2,1-4H3;1H/q+1;/p-1. The van der Waals surface area contributed by atoms with Crippen molar-refractivity contribution in [2.24, 2.45) is 0 Å². The Morgan fingerprint density at radius 3 is 2.08 bits per heavy atom. The van der Waals surface area contributed by atoms with Gasteiger partial charge in [-0.1, -0.05) is 6.92 Å². The first kappa shape index (κ1) is 14.4. The number of ketones is 1. The van der Waals surface area contributed by atoms with E-state index in [9.17, 15) is 9.90 Å². The Hall–Kier alpha value is -0.120. The average molecular weight is 196 g/mol. The van der Waals surface area contributed by atoms with Crippen molar-refractivity contribution in [3.63, 3.8) is 0 Å². The summed E-state index contributed by atoms with van der Waals surface area (Å²) in [5.41, 5.74) is 0. The van der Waals surface area contributed by atoms with Gasteiger partial charge in [-0.3, -0.25) is 4.79 Å². The Morgan fingerprint density at radius 2 is 1.83 bits per heavy atom. The Bertz CT molecular complexity index is 142. The van der Waals surface area contributed by atoms with E-state index in [-0.39, 0.29) is 18.2 Å². The van der Waals surface area contributed by atoms with Crippen molar-refractivity contribution in [2.75, 3.05) is 27.7 Å². The lowest BCUT2D eigenvalue weighted by Crippen LogP contribution is -3.00. The van der Waals surface area contributed by atoms with Gasteiger partial charge in [-0.15, -0.1) is 0 Å². The Morgan fingerprint density at radius 1 is 1.42 bits per heavy atom. The monoisotopic (exact) mass is 195 g/mol. The van der Waals surface area contributed by atoms with Crippen molar-refractivity contribution in [1.82, 2.24) is 0 Å².